The molecule has 1 fully saturated rings. The highest BCUT2D eigenvalue weighted by molar-refractivity contribution is 5.83. The molecule has 1 unspecified atom stereocenters. The lowest BCUT2D eigenvalue weighted by molar-refractivity contribution is -0.141. The summed E-state index contributed by atoms with van der Waals surface area (Å²) in [6, 6.07) is -0.985. The Bertz CT molecular complexity index is 295. The minimum absolute atomic E-state index is 0.0671. The van der Waals surface area contributed by atoms with E-state index in [-0.39, 0.29) is 12.1 Å². The van der Waals surface area contributed by atoms with Crippen LogP contribution in [0.4, 0.5) is 4.79 Å². The van der Waals surface area contributed by atoms with Crippen LogP contribution in [-0.4, -0.2) is 66.3 Å². The van der Waals surface area contributed by atoms with E-state index >= 15 is 0 Å². The zero-order chi connectivity index (χ0) is 13.0. The summed E-state index contributed by atoms with van der Waals surface area (Å²) in [5.41, 5.74) is 0. The number of likely N-dealkylation sites (tertiary alicyclic amines) is 1. The van der Waals surface area contributed by atoms with Crippen LogP contribution >= 0.6 is 0 Å². The van der Waals surface area contributed by atoms with Crippen LogP contribution in [0.5, 0.6) is 0 Å². The lowest BCUT2D eigenvalue weighted by Gasteiger charge is -2.31. The predicted octanol–water partition coefficient (Wildman–Crippen LogP) is 0.622. The van der Waals surface area contributed by atoms with Gasteiger partial charge in [0.15, 0.2) is 0 Å². The molecule has 2 atom stereocenters. The van der Waals surface area contributed by atoms with Crippen LogP contribution in [0, 0.1) is 0 Å². The van der Waals surface area contributed by atoms with Crippen molar-refractivity contribution in [3.8, 4) is 0 Å². The van der Waals surface area contributed by atoms with Gasteiger partial charge >= 0.3 is 12.0 Å². The Hall–Kier alpha value is -1.30. The fourth-order valence-corrected chi connectivity index (χ4v) is 2.00. The third-order valence-corrected chi connectivity index (χ3v) is 3.15. The van der Waals surface area contributed by atoms with Crippen molar-refractivity contribution in [1.29, 1.82) is 0 Å². The maximum atomic E-state index is 12.1. The summed E-state index contributed by atoms with van der Waals surface area (Å²) in [5, 5.41) is 9.02. The number of carbonyl (C=O) groups excluding carboxylic acids is 1. The Kier molecular flexibility index (Phi) is 4.74. The van der Waals surface area contributed by atoms with E-state index in [0.717, 1.165) is 6.42 Å². The summed E-state index contributed by atoms with van der Waals surface area (Å²) in [6.45, 7) is 2.82. The monoisotopic (exact) mass is 244 g/mol. The highest BCUT2D eigenvalue weighted by Crippen LogP contribution is 2.19. The SMILES string of the molecule is COCC(C)N(C)C(=O)N1CCC[C@@H]1C(=O)O. The van der Waals surface area contributed by atoms with Crippen molar-refractivity contribution in [2.45, 2.75) is 31.8 Å². The second kappa shape index (κ2) is 5.86. The Morgan fingerprint density at radius 3 is 2.76 bits per heavy atom. The third-order valence-electron chi connectivity index (χ3n) is 3.15. The first-order chi connectivity index (χ1) is 7.99. The number of carboxylic acid groups (broad SMARTS) is 1. The first-order valence-corrected chi connectivity index (χ1v) is 5.74. The molecule has 98 valence electrons. The van der Waals surface area contributed by atoms with Crippen molar-refractivity contribution in [2.75, 3.05) is 27.3 Å². The van der Waals surface area contributed by atoms with Gasteiger partial charge in [0.1, 0.15) is 6.04 Å². The fraction of sp³-hybridized carbons (Fsp3) is 0.818. The summed E-state index contributed by atoms with van der Waals surface area (Å²) >= 11 is 0. The average molecular weight is 244 g/mol. The molecule has 1 heterocycles. The molecule has 1 aliphatic heterocycles. The topological polar surface area (TPSA) is 70.1 Å². The number of carboxylic acids is 1. The van der Waals surface area contributed by atoms with Gasteiger partial charge in [-0.3, -0.25) is 0 Å². The van der Waals surface area contributed by atoms with Crippen LogP contribution in [0.25, 0.3) is 0 Å². The van der Waals surface area contributed by atoms with E-state index in [0.29, 0.717) is 19.6 Å². The maximum Gasteiger partial charge on any atom is 0.326 e. The van der Waals surface area contributed by atoms with Gasteiger partial charge in [0.25, 0.3) is 0 Å². The maximum absolute atomic E-state index is 12.1. The van der Waals surface area contributed by atoms with Crippen molar-refractivity contribution >= 4 is 12.0 Å². The number of methoxy groups -OCH3 is 1. The number of rotatable bonds is 4. The third kappa shape index (κ3) is 3.09. The molecule has 0 aromatic rings. The fourth-order valence-electron chi connectivity index (χ4n) is 2.00. The molecule has 1 aliphatic rings. The summed E-state index contributed by atoms with van der Waals surface area (Å²) in [4.78, 5) is 26.1. The summed E-state index contributed by atoms with van der Waals surface area (Å²) in [6.07, 6.45) is 1.28. The second-order valence-corrected chi connectivity index (χ2v) is 4.39. The number of urea groups is 1. The number of hydrogen-bond donors (Lipinski definition) is 1. The molecule has 2 amide bonds. The molecule has 6 nitrogen and oxygen atoms in total. The van der Waals surface area contributed by atoms with Crippen LogP contribution in [0.2, 0.25) is 0 Å². The van der Waals surface area contributed by atoms with E-state index in [1.54, 1.807) is 14.2 Å². The molecule has 1 rings (SSSR count). The molecule has 0 saturated carbocycles. The van der Waals surface area contributed by atoms with Crippen molar-refractivity contribution in [3.05, 3.63) is 0 Å². The molecule has 0 radical (unpaired) electrons. The average Bonchev–Trinajstić information content (AvgIpc) is 2.76. The van der Waals surface area contributed by atoms with Crippen LogP contribution < -0.4 is 0 Å². The molecular weight excluding hydrogens is 224 g/mol. The largest absolute Gasteiger partial charge is 0.480 e. The molecular formula is C11H20N2O4. The number of nitrogens with zero attached hydrogens (tertiary/aromatic N) is 2. The Labute approximate surface area is 101 Å². The van der Waals surface area contributed by atoms with E-state index in [9.17, 15) is 9.59 Å². The van der Waals surface area contributed by atoms with Gasteiger partial charge in [-0.1, -0.05) is 0 Å². The van der Waals surface area contributed by atoms with E-state index in [2.05, 4.69) is 0 Å². The van der Waals surface area contributed by atoms with Crippen LogP contribution in [0.3, 0.4) is 0 Å². The van der Waals surface area contributed by atoms with Gasteiger partial charge in [0.05, 0.1) is 12.6 Å². The van der Waals surface area contributed by atoms with Gasteiger partial charge in [0.2, 0.25) is 0 Å². The lowest BCUT2D eigenvalue weighted by atomic mass is 10.2. The standard InChI is InChI=1S/C11H20N2O4/c1-8(7-17-3)12(2)11(16)13-6-4-5-9(13)10(14)15/h8-9H,4-7H2,1-3H3,(H,14,15)/t8?,9-/m1/s1. The van der Waals surface area contributed by atoms with Crippen molar-refractivity contribution < 1.29 is 19.4 Å². The van der Waals surface area contributed by atoms with Crippen molar-refractivity contribution in [3.63, 3.8) is 0 Å². The first kappa shape index (κ1) is 13.8. The van der Waals surface area contributed by atoms with Gasteiger partial charge in [-0.15, -0.1) is 0 Å². The molecule has 0 aliphatic carbocycles. The first-order valence-electron chi connectivity index (χ1n) is 5.74. The number of likely N-dealkylation sites (N-methyl/N-ethyl adjacent to an activating group) is 1. The lowest BCUT2D eigenvalue weighted by Crippen LogP contribution is -2.50. The van der Waals surface area contributed by atoms with Gasteiger partial charge in [-0.2, -0.15) is 0 Å². The zero-order valence-electron chi connectivity index (χ0n) is 10.5. The van der Waals surface area contributed by atoms with Crippen LogP contribution in [0.15, 0.2) is 0 Å². The Morgan fingerprint density at radius 1 is 1.59 bits per heavy atom. The normalized spacial score (nSPS) is 21.4. The molecule has 0 aromatic carbocycles. The smallest absolute Gasteiger partial charge is 0.326 e. The van der Waals surface area contributed by atoms with Crippen LogP contribution in [-0.2, 0) is 9.53 Å². The number of ether oxygens (including phenoxy) is 1. The zero-order valence-corrected chi connectivity index (χ0v) is 10.5. The number of amides is 2. The van der Waals surface area contributed by atoms with Gasteiger partial charge in [-0.05, 0) is 19.8 Å². The van der Waals surface area contributed by atoms with Crippen LogP contribution in [0.1, 0.15) is 19.8 Å². The van der Waals surface area contributed by atoms with E-state index in [1.165, 1.54) is 9.80 Å². The highest BCUT2D eigenvalue weighted by atomic mass is 16.5. The highest BCUT2D eigenvalue weighted by Gasteiger charge is 2.36. The van der Waals surface area contributed by atoms with E-state index in [1.807, 2.05) is 6.92 Å². The number of aliphatic carboxylic acids is 1. The van der Waals surface area contributed by atoms with Crippen molar-refractivity contribution in [2.24, 2.45) is 0 Å². The number of carbonyl (C=O) groups is 2. The number of hydrogen-bond acceptors (Lipinski definition) is 3. The van der Waals surface area contributed by atoms with E-state index < -0.39 is 12.0 Å². The van der Waals surface area contributed by atoms with Crippen molar-refractivity contribution in [1.82, 2.24) is 9.80 Å². The molecule has 0 spiro atoms. The Morgan fingerprint density at radius 2 is 2.24 bits per heavy atom. The molecule has 17 heavy (non-hydrogen) atoms. The van der Waals surface area contributed by atoms with Gasteiger partial charge in [-0.25, -0.2) is 9.59 Å². The molecule has 1 saturated heterocycles. The van der Waals surface area contributed by atoms with E-state index in [4.69, 9.17) is 9.84 Å². The summed E-state index contributed by atoms with van der Waals surface area (Å²) in [5.74, 6) is -0.927. The molecule has 0 bridgehead atoms. The van der Waals surface area contributed by atoms with Gasteiger partial charge in [0, 0.05) is 20.7 Å². The minimum Gasteiger partial charge on any atom is -0.480 e. The van der Waals surface area contributed by atoms with Gasteiger partial charge < -0.3 is 19.6 Å². The summed E-state index contributed by atoms with van der Waals surface area (Å²) in [7, 11) is 3.24. The summed E-state index contributed by atoms with van der Waals surface area (Å²) < 4.78 is 4.98. The molecule has 6 heteroatoms. The Balaban J connectivity index is 2.65. The molecule has 1 N–H and O–H groups in total. The quantitative estimate of drug-likeness (QED) is 0.787. The second-order valence-electron chi connectivity index (χ2n) is 4.39. The predicted molar refractivity (Wildman–Crippen MR) is 61.9 cm³/mol. The minimum atomic E-state index is -0.927. The molecule has 0 aromatic heterocycles.